The molecule has 0 saturated heterocycles. The van der Waals surface area contributed by atoms with Gasteiger partial charge in [-0.3, -0.25) is 14.9 Å². The van der Waals surface area contributed by atoms with Crippen molar-refractivity contribution in [3.8, 4) is 0 Å². The van der Waals surface area contributed by atoms with Crippen molar-refractivity contribution in [2.24, 2.45) is 0 Å². The molecule has 6 heteroatoms. The molecule has 1 aromatic heterocycles. The highest BCUT2D eigenvalue weighted by Gasteiger charge is 2.23. The molecule has 0 bridgehead atoms. The summed E-state index contributed by atoms with van der Waals surface area (Å²) in [5, 5.41) is 2.92. The number of anilines is 2. The molecule has 6 nitrogen and oxygen atoms in total. The number of aromatic nitrogens is 2. The van der Waals surface area contributed by atoms with Crippen LogP contribution in [0, 0.1) is 0 Å². The monoisotopic (exact) mass is 348 g/mol. The van der Waals surface area contributed by atoms with Gasteiger partial charge < -0.3 is 9.47 Å². The standard InChI is InChI=1S/C20H20N4O2/c1-3-23-18-7-5-4-6-16(18)21-20(23)22-19(26)15-8-9-17-14(12-15)10-11-24(17)13(2)25/h4-9,12H,3,10-11H2,1-2H3,(H,21,22,26). The molecular formula is C20H20N4O2. The molecule has 1 aliphatic heterocycles. The van der Waals surface area contributed by atoms with Gasteiger partial charge in [-0.05, 0) is 49.2 Å². The number of fused-ring (bicyclic) bond motifs is 2. The summed E-state index contributed by atoms with van der Waals surface area (Å²) in [7, 11) is 0. The molecule has 3 aromatic rings. The van der Waals surface area contributed by atoms with Gasteiger partial charge in [0.1, 0.15) is 0 Å². The van der Waals surface area contributed by atoms with Gasteiger partial charge in [-0.1, -0.05) is 12.1 Å². The number of hydrogen-bond donors (Lipinski definition) is 1. The largest absolute Gasteiger partial charge is 0.312 e. The number of nitrogens with zero attached hydrogens (tertiary/aromatic N) is 3. The van der Waals surface area contributed by atoms with Crippen LogP contribution in [0.15, 0.2) is 42.5 Å². The van der Waals surface area contributed by atoms with Crippen LogP contribution in [0.25, 0.3) is 11.0 Å². The highest BCUT2D eigenvalue weighted by molar-refractivity contribution is 6.05. The third-order valence-electron chi connectivity index (χ3n) is 4.81. The zero-order valence-corrected chi connectivity index (χ0v) is 14.8. The van der Waals surface area contributed by atoms with E-state index >= 15 is 0 Å². The van der Waals surface area contributed by atoms with Crippen molar-refractivity contribution in [3.05, 3.63) is 53.6 Å². The summed E-state index contributed by atoms with van der Waals surface area (Å²) in [6, 6.07) is 13.3. The molecule has 1 N–H and O–H groups in total. The second-order valence-corrected chi connectivity index (χ2v) is 6.39. The van der Waals surface area contributed by atoms with Crippen molar-refractivity contribution in [2.75, 3.05) is 16.8 Å². The van der Waals surface area contributed by atoms with Crippen molar-refractivity contribution in [1.82, 2.24) is 9.55 Å². The second-order valence-electron chi connectivity index (χ2n) is 6.39. The van der Waals surface area contributed by atoms with E-state index in [1.165, 1.54) is 0 Å². The van der Waals surface area contributed by atoms with Gasteiger partial charge >= 0.3 is 0 Å². The molecular weight excluding hydrogens is 328 g/mol. The van der Waals surface area contributed by atoms with Gasteiger partial charge in [0.15, 0.2) is 0 Å². The minimum atomic E-state index is -0.195. The number of benzene rings is 2. The topological polar surface area (TPSA) is 67.2 Å². The number of aryl methyl sites for hydroxylation is 1. The quantitative estimate of drug-likeness (QED) is 0.790. The number of rotatable bonds is 3. The molecule has 0 saturated carbocycles. The van der Waals surface area contributed by atoms with E-state index in [1.807, 2.05) is 47.9 Å². The van der Waals surface area contributed by atoms with Gasteiger partial charge in [-0.2, -0.15) is 0 Å². The smallest absolute Gasteiger partial charge is 0.257 e. The van der Waals surface area contributed by atoms with Crippen LogP contribution in [0.1, 0.15) is 29.8 Å². The SMILES string of the molecule is CCn1c(NC(=O)c2ccc3c(c2)CCN3C(C)=O)nc2ccccc21. The molecule has 0 atom stereocenters. The molecule has 1 aliphatic rings. The lowest BCUT2D eigenvalue weighted by atomic mass is 10.1. The fourth-order valence-electron chi connectivity index (χ4n) is 3.53. The van der Waals surface area contributed by atoms with E-state index < -0.39 is 0 Å². The first-order chi connectivity index (χ1) is 12.6. The first-order valence-electron chi connectivity index (χ1n) is 8.76. The van der Waals surface area contributed by atoms with Gasteiger partial charge in [0, 0.05) is 31.3 Å². The van der Waals surface area contributed by atoms with Crippen molar-refractivity contribution < 1.29 is 9.59 Å². The maximum Gasteiger partial charge on any atom is 0.257 e. The predicted molar refractivity (Wildman–Crippen MR) is 102 cm³/mol. The Labute approximate surface area is 151 Å². The zero-order valence-electron chi connectivity index (χ0n) is 14.8. The Morgan fingerprint density at radius 3 is 2.77 bits per heavy atom. The molecule has 2 amide bonds. The Bertz CT molecular complexity index is 1020. The summed E-state index contributed by atoms with van der Waals surface area (Å²) in [5.41, 5.74) is 4.35. The number of amides is 2. The average Bonchev–Trinajstić information content (AvgIpc) is 3.21. The van der Waals surface area contributed by atoms with Gasteiger partial charge in [0.05, 0.1) is 11.0 Å². The molecule has 26 heavy (non-hydrogen) atoms. The number of hydrogen-bond acceptors (Lipinski definition) is 3. The molecule has 0 spiro atoms. The molecule has 0 aliphatic carbocycles. The van der Waals surface area contributed by atoms with Gasteiger partial charge in [-0.25, -0.2) is 4.98 Å². The average molecular weight is 348 g/mol. The molecule has 2 heterocycles. The van der Waals surface area contributed by atoms with Gasteiger partial charge in [0.25, 0.3) is 5.91 Å². The number of para-hydroxylation sites is 2. The Kier molecular flexibility index (Phi) is 3.95. The van der Waals surface area contributed by atoms with E-state index in [2.05, 4.69) is 10.3 Å². The molecule has 0 fully saturated rings. The fraction of sp³-hybridized carbons (Fsp3) is 0.250. The maximum absolute atomic E-state index is 12.7. The maximum atomic E-state index is 12.7. The van der Waals surface area contributed by atoms with Crippen LogP contribution in [-0.2, 0) is 17.8 Å². The van der Waals surface area contributed by atoms with Crippen LogP contribution >= 0.6 is 0 Å². The van der Waals surface area contributed by atoms with E-state index in [-0.39, 0.29) is 11.8 Å². The molecule has 4 rings (SSSR count). The highest BCUT2D eigenvalue weighted by Crippen LogP contribution is 2.29. The predicted octanol–water partition coefficient (Wildman–Crippen LogP) is 3.22. The van der Waals surface area contributed by atoms with E-state index in [1.54, 1.807) is 17.9 Å². The summed E-state index contributed by atoms with van der Waals surface area (Å²) in [4.78, 5) is 30.7. The van der Waals surface area contributed by atoms with E-state index in [4.69, 9.17) is 0 Å². The summed E-state index contributed by atoms with van der Waals surface area (Å²) in [6.45, 7) is 4.97. The minimum absolute atomic E-state index is 0.0256. The Morgan fingerprint density at radius 1 is 1.19 bits per heavy atom. The van der Waals surface area contributed by atoms with Crippen LogP contribution in [0.2, 0.25) is 0 Å². The number of imidazole rings is 1. The van der Waals surface area contributed by atoms with Crippen molar-refractivity contribution in [2.45, 2.75) is 26.8 Å². The number of nitrogens with one attached hydrogen (secondary N) is 1. The Morgan fingerprint density at radius 2 is 2.00 bits per heavy atom. The molecule has 2 aromatic carbocycles. The molecule has 132 valence electrons. The van der Waals surface area contributed by atoms with Crippen LogP contribution in [0.5, 0.6) is 0 Å². The van der Waals surface area contributed by atoms with Gasteiger partial charge in [-0.15, -0.1) is 0 Å². The third-order valence-corrected chi connectivity index (χ3v) is 4.81. The summed E-state index contributed by atoms with van der Waals surface area (Å²) in [6.07, 6.45) is 0.767. The summed E-state index contributed by atoms with van der Waals surface area (Å²) in [5.74, 6) is 0.376. The normalized spacial score (nSPS) is 13.1. The van der Waals surface area contributed by atoms with Gasteiger partial charge in [0.2, 0.25) is 11.9 Å². The zero-order chi connectivity index (χ0) is 18.3. The van der Waals surface area contributed by atoms with Crippen LogP contribution < -0.4 is 10.2 Å². The Hall–Kier alpha value is -3.15. The first kappa shape index (κ1) is 16.3. The van der Waals surface area contributed by atoms with Crippen LogP contribution in [0.3, 0.4) is 0 Å². The lowest BCUT2D eigenvalue weighted by Crippen LogP contribution is -2.25. The second kappa shape index (κ2) is 6.29. The number of carbonyl (C=O) groups excluding carboxylic acids is 2. The van der Waals surface area contributed by atoms with Crippen molar-refractivity contribution in [1.29, 1.82) is 0 Å². The fourth-order valence-corrected chi connectivity index (χ4v) is 3.53. The van der Waals surface area contributed by atoms with Crippen LogP contribution in [-0.4, -0.2) is 27.9 Å². The Balaban J connectivity index is 1.63. The van der Waals surface area contributed by atoms with E-state index in [0.717, 1.165) is 28.7 Å². The van der Waals surface area contributed by atoms with E-state index in [0.29, 0.717) is 24.6 Å². The molecule has 0 unspecified atom stereocenters. The third kappa shape index (κ3) is 2.63. The van der Waals surface area contributed by atoms with Crippen molar-refractivity contribution >= 4 is 34.5 Å². The summed E-state index contributed by atoms with van der Waals surface area (Å²) < 4.78 is 1.98. The van der Waals surface area contributed by atoms with E-state index in [9.17, 15) is 9.59 Å². The lowest BCUT2D eigenvalue weighted by molar-refractivity contribution is -0.116. The van der Waals surface area contributed by atoms with Crippen molar-refractivity contribution in [3.63, 3.8) is 0 Å². The minimum Gasteiger partial charge on any atom is -0.312 e. The first-order valence-corrected chi connectivity index (χ1v) is 8.76. The highest BCUT2D eigenvalue weighted by atomic mass is 16.2. The number of carbonyl (C=O) groups is 2. The molecule has 0 radical (unpaired) electrons. The summed E-state index contributed by atoms with van der Waals surface area (Å²) >= 11 is 0. The lowest BCUT2D eigenvalue weighted by Gasteiger charge is -2.14. The van der Waals surface area contributed by atoms with Crippen LogP contribution in [0.4, 0.5) is 11.6 Å².